The lowest BCUT2D eigenvalue weighted by Crippen LogP contribution is -2.30. The van der Waals surface area contributed by atoms with E-state index in [9.17, 15) is 0 Å². The highest BCUT2D eigenvalue weighted by Gasteiger charge is 2.27. The summed E-state index contributed by atoms with van der Waals surface area (Å²) >= 11 is 0. The van der Waals surface area contributed by atoms with Crippen molar-refractivity contribution in [2.24, 2.45) is 5.92 Å². The predicted molar refractivity (Wildman–Crippen MR) is 108 cm³/mol. The molecule has 1 N–H and O–H groups in total. The standard InChI is InChI=1S/C21H35N5/c1-16(2)14-25-13-10-17(15-25)22-21-23-19-9-7-8-18(19)20(24-21)26-11-5-3-4-6-12-26/h16-17H,3-15H2,1-2H3,(H,22,23,24)/t17-/m0/s1. The number of anilines is 2. The van der Waals surface area contributed by atoms with Crippen molar-refractivity contribution in [3.05, 3.63) is 11.3 Å². The smallest absolute Gasteiger partial charge is 0.225 e. The first-order valence-electron chi connectivity index (χ1n) is 10.8. The third kappa shape index (κ3) is 4.13. The van der Waals surface area contributed by atoms with E-state index in [0.29, 0.717) is 6.04 Å². The van der Waals surface area contributed by atoms with E-state index in [1.54, 1.807) is 0 Å². The quantitative estimate of drug-likeness (QED) is 0.874. The fraction of sp³-hybridized carbons (Fsp3) is 0.810. The monoisotopic (exact) mass is 357 g/mol. The second-order valence-corrected chi connectivity index (χ2v) is 8.83. The molecule has 2 fully saturated rings. The molecular formula is C21H35N5. The van der Waals surface area contributed by atoms with Crippen molar-refractivity contribution < 1.29 is 0 Å². The van der Waals surface area contributed by atoms with Crippen molar-refractivity contribution in [2.75, 3.05) is 42.9 Å². The zero-order valence-corrected chi connectivity index (χ0v) is 16.6. The Kier molecular flexibility index (Phi) is 5.63. The minimum atomic E-state index is 0.491. The molecule has 2 saturated heterocycles. The molecule has 0 radical (unpaired) electrons. The lowest BCUT2D eigenvalue weighted by molar-refractivity contribution is 0.296. The number of likely N-dealkylation sites (tertiary alicyclic amines) is 1. The van der Waals surface area contributed by atoms with E-state index in [0.717, 1.165) is 44.3 Å². The Morgan fingerprint density at radius 2 is 1.81 bits per heavy atom. The summed E-state index contributed by atoms with van der Waals surface area (Å²) in [5.41, 5.74) is 2.74. The maximum absolute atomic E-state index is 5.04. The number of nitrogens with zero attached hydrogens (tertiary/aromatic N) is 4. The minimum absolute atomic E-state index is 0.491. The van der Waals surface area contributed by atoms with Crippen molar-refractivity contribution in [1.82, 2.24) is 14.9 Å². The van der Waals surface area contributed by atoms with Crippen LogP contribution in [0.25, 0.3) is 0 Å². The van der Waals surface area contributed by atoms with E-state index in [-0.39, 0.29) is 0 Å². The third-order valence-corrected chi connectivity index (χ3v) is 6.05. The number of nitrogens with one attached hydrogen (secondary N) is 1. The second-order valence-electron chi connectivity index (χ2n) is 8.83. The first-order valence-corrected chi connectivity index (χ1v) is 10.8. The van der Waals surface area contributed by atoms with Crippen molar-refractivity contribution in [2.45, 2.75) is 71.3 Å². The lowest BCUT2D eigenvalue weighted by Gasteiger charge is -2.25. The predicted octanol–water partition coefficient (Wildman–Crippen LogP) is 3.49. The van der Waals surface area contributed by atoms with Crippen molar-refractivity contribution >= 4 is 11.8 Å². The molecule has 0 unspecified atom stereocenters. The number of rotatable bonds is 5. The van der Waals surface area contributed by atoms with Crippen molar-refractivity contribution in [1.29, 1.82) is 0 Å². The van der Waals surface area contributed by atoms with Crippen LogP contribution in [0.4, 0.5) is 11.8 Å². The van der Waals surface area contributed by atoms with Crippen LogP contribution in [0.5, 0.6) is 0 Å². The molecule has 0 amide bonds. The summed E-state index contributed by atoms with van der Waals surface area (Å²) in [5, 5.41) is 3.68. The van der Waals surface area contributed by atoms with Gasteiger partial charge >= 0.3 is 0 Å². The molecular weight excluding hydrogens is 322 g/mol. The van der Waals surface area contributed by atoms with Gasteiger partial charge in [-0.25, -0.2) is 4.98 Å². The summed E-state index contributed by atoms with van der Waals surface area (Å²) in [6, 6.07) is 0.491. The van der Waals surface area contributed by atoms with Gasteiger partial charge < -0.3 is 15.1 Å². The Bertz CT molecular complexity index is 607. The molecule has 3 heterocycles. The van der Waals surface area contributed by atoms with E-state index in [1.807, 2.05) is 0 Å². The van der Waals surface area contributed by atoms with Crippen LogP contribution in [0.1, 0.15) is 63.6 Å². The van der Waals surface area contributed by atoms with Gasteiger partial charge in [0.05, 0.1) is 5.69 Å². The van der Waals surface area contributed by atoms with Crippen LogP contribution in [0.2, 0.25) is 0 Å². The number of fused-ring (bicyclic) bond motifs is 1. The van der Waals surface area contributed by atoms with Crippen LogP contribution < -0.4 is 10.2 Å². The number of aromatic nitrogens is 2. The van der Waals surface area contributed by atoms with E-state index < -0.39 is 0 Å². The molecule has 4 rings (SSSR count). The fourth-order valence-corrected chi connectivity index (χ4v) is 4.84. The normalized spacial score (nSPS) is 24.1. The Hall–Kier alpha value is -1.36. The SMILES string of the molecule is CC(C)CN1CC[C@H](Nc2nc3c(c(N4CCCCCC4)n2)CCC3)C1. The molecule has 0 aromatic carbocycles. The third-order valence-electron chi connectivity index (χ3n) is 6.05. The maximum Gasteiger partial charge on any atom is 0.225 e. The van der Waals surface area contributed by atoms with E-state index in [1.165, 1.54) is 68.7 Å². The maximum atomic E-state index is 5.04. The molecule has 5 nitrogen and oxygen atoms in total. The molecule has 0 bridgehead atoms. The van der Waals surface area contributed by atoms with Gasteiger partial charge in [-0.2, -0.15) is 4.98 Å². The topological polar surface area (TPSA) is 44.3 Å². The number of aryl methyl sites for hydroxylation is 1. The van der Waals surface area contributed by atoms with Gasteiger partial charge in [0.15, 0.2) is 0 Å². The van der Waals surface area contributed by atoms with Gasteiger partial charge in [-0.1, -0.05) is 26.7 Å². The van der Waals surface area contributed by atoms with E-state index >= 15 is 0 Å². The fourth-order valence-electron chi connectivity index (χ4n) is 4.84. The van der Waals surface area contributed by atoms with Crippen LogP contribution >= 0.6 is 0 Å². The first-order chi connectivity index (χ1) is 12.7. The molecule has 2 aliphatic heterocycles. The average molecular weight is 358 g/mol. The molecule has 1 aliphatic carbocycles. The molecule has 1 aromatic heterocycles. The van der Waals surface area contributed by atoms with Gasteiger partial charge in [0.2, 0.25) is 5.95 Å². The van der Waals surface area contributed by atoms with Crippen molar-refractivity contribution in [3.63, 3.8) is 0 Å². The van der Waals surface area contributed by atoms with Gasteiger partial charge in [-0.05, 0) is 44.4 Å². The van der Waals surface area contributed by atoms with E-state index in [4.69, 9.17) is 9.97 Å². The van der Waals surface area contributed by atoms with Crippen LogP contribution in [0, 0.1) is 5.92 Å². The molecule has 1 aromatic rings. The largest absolute Gasteiger partial charge is 0.356 e. The molecule has 3 aliphatic rings. The Balaban J connectivity index is 1.49. The number of hydrogen-bond acceptors (Lipinski definition) is 5. The van der Waals surface area contributed by atoms with Crippen LogP contribution in [-0.2, 0) is 12.8 Å². The summed E-state index contributed by atoms with van der Waals surface area (Å²) < 4.78 is 0. The Labute approximate surface area is 158 Å². The minimum Gasteiger partial charge on any atom is -0.356 e. The highest BCUT2D eigenvalue weighted by molar-refractivity contribution is 5.54. The van der Waals surface area contributed by atoms with Gasteiger partial charge in [-0.3, -0.25) is 0 Å². The number of hydrogen-bond donors (Lipinski definition) is 1. The first kappa shape index (κ1) is 18.0. The molecule has 1 atom stereocenters. The Morgan fingerprint density at radius 1 is 1.00 bits per heavy atom. The molecule has 5 heteroatoms. The van der Waals surface area contributed by atoms with Crippen LogP contribution in [0.15, 0.2) is 0 Å². The summed E-state index contributed by atoms with van der Waals surface area (Å²) in [7, 11) is 0. The molecule has 0 saturated carbocycles. The van der Waals surface area contributed by atoms with Gasteiger partial charge in [0.1, 0.15) is 5.82 Å². The van der Waals surface area contributed by atoms with Gasteiger partial charge in [-0.15, -0.1) is 0 Å². The molecule has 144 valence electrons. The average Bonchev–Trinajstić information content (AvgIpc) is 3.15. The molecule has 0 spiro atoms. The van der Waals surface area contributed by atoms with Gasteiger partial charge in [0.25, 0.3) is 0 Å². The zero-order chi connectivity index (χ0) is 17.9. The van der Waals surface area contributed by atoms with Crippen LogP contribution in [0.3, 0.4) is 0 Å². The highest BCUT2D eigenvalue weighted by Crippen LogP contribution is 2.31. The Morgan fingerprint density at radius 3 is 2.58 bits per heavy atom. The lowest BCUT2D eigenvalue weighted by atomic mass is 10.2. The highest BCUT2D eigenvalue weighted by atomic mass is 15.3. The van der Waals surface area contributed by atoms with Gasteiger partial charge in [0, 0.05) is 44.3 Å². The molecule has 26 heavy (non-hydrogen) atoms. The van der Waals surface area contributed by atoms with Crippen LogP contribution in [-0.4, -0.2) is 53.6 Å². The summed E-state index contributed by atoms with van der Waals surface area (Å²) in [4.78, 5) is 15.1. The zero-order valence-electron chi connectivity index (χ0n) is 16.6. The summed E-state index contributed by atoms with van der Waals surface area (Å²) in [5.74, 6) is 2.86. The van der Waals surface area contributed by atoms with E-state index in [2.05, 4.69) is 29.0 Å². The van der Waals surface area contributed by atoms with Crippen molar-refractivity contribution in [3.8, 4) is 0 Å². The second kappa shape index (κ2) is 8.12. The summed E-state index contributed by atoms with van der Waals surface area (Å²) in [6.07, 6.45) is 10.0. The summed E-state index contributed by atoms with van der Waals surface area (Å²) in [6.45, 7) is 10.4.